The van der Waals surface area contributed by atoms with Gasteiger partial charge in [-0.05, 0) is 38.7 Å². The molecule has 0 unspecified atom stereocenters. The van der Waals surface area contributed by atoms with E-state index in [-0.39, 0.29) is 5.84 Å². The van der Waals surface area contributed by atoms with Crippen LogP contribution in [0.5, 0.6) is 0 Å². The maximum absolute atomic E-state index is 7.14. The zero-order valence-electron chi connectivity index (χ0n) is 10.5. The number of hydrogen-bond acceptors (Lipinski definition) is 2. The Labute approximate surface area is 97.3 Å². The van der Waals surface area contributed by atoms with E-state index in [4.69, 9.17) is 11.1 Å². The summed E-state index contributed by atoms with van der Waals surface area (Å²) in [6.45, 7) is 7.29. The number of amidine groups is 1. The summed E-state index contributed by atoms with van der Waals surface area (Å²) < 4.78 is 2.08. The number of hydrogen-bond donors (Lipinski definition) is 2. The first-order chi connectivity index (χ1) is 7.56. The highest BCUT2D eigenvalue weighted by atomic mass is 15.3. The Morgan fingerprint density at radius 3 is 2.56 bits per heavy atom. The Morgan fingerprint density at radius 1 is 1.38 bits per heavy atom. The number of nitrogens with zero attached hydrogens (tertiary/aromatic N) is 2. The van der Waals surface area contributed by atoms with Crippen LogP contribution in [0.1, 0.15) is 43.1 Å². The third-order valence-corrected chi connectivity index (χ3v) is 2.95. The first-order valence-electron chi connectivity index (χ1n) is 5.92. The van der Waals surface area contributed by atoms with Crippen molar-refractivity contribution in [1.29, 1.82) is 5.41 Å². The first kappa shape index (κ1) is 12.7. The summed E-state index contributed by atoms with van der Waals surface area (Å²) in [5, 5.41) is 11.7. The lowest BCUT2D eigenvalue weighted by Crippen LogP contribution is -2.10. The molecule has 0 aliphatic rings. The van der Waals surface area contributed by atoms with Crippen LogP contribution in [0.15, 0.2) is 0 Å². The molecule has 0 fully saturated rings. The van der Waals surface area contributed by atoms with E-state index < -0.39 is 0 Å². The normalized spacial score (nSPS) is 10.7. The minimum Gasteiger partial charge on any atom is -0.388 e. The highest BCUT2D eigenvalue weighted by Gasteiger charge is 2.08. The summed E-state index contributed by atoms with van der Waals surface area (Å²) in [6, 6.07) is 0. The molecule has 90 valence electrons. The Balaban J connectivity index is 2.51. The molecule has 0 atom stereocenters. The summed E-state index contributed by atoms with van der Waals surface area (Å²) in [7, 11) is 0. The zero-order chi connectivity index (χ0) is 12.1. The molecule has 4 nitrogen and oxygen atoms in total. The van der Waals surface area contributed by atoms with Crippen molar-refractivity contribution < 1.29 is 0 Å². The van der Waals surface area contributed by atoms with Gasteiger partial charge in [0.15, 0.2) is 0 Å². The molecule has 3 N–H and O–H groups in total. The molecule has 0 aliphatic heterocycles. The Morgan fingerprint density at radius 2 is 2.06 bits per heavy atom. The SMILES string of the molecule is CCc1c(C)nn(CCCCC(=N)N)c1C. The quantitative estimate of drug-likeness (QED) is 0.440. The molecule has 16 heavy (non-hydrogen) atoms. The first-order valence-corrected chi connectivity index (χ1v) is 5.92. The average Bonchev–Trinajstić information content (AvgIpc) is 2.48. The van der Waals surface area contributed by atoms with E-state index >= 15 is 0 Å². The van der Waals surface area contributed by atoms with Crippen molar-refractivity contribution in [1.82, 2.24) is 9.78 Å². The second-order valence-electron chi connectivity index (χ2n) is 4.21. The minimum atomic E-state index is 0.280. The molecule has 0 aliphatic carbocycles. The summed E-state index contributed by atoms with van der Waals surface area (Å²) in [5.74, 6) is 0.280. The van der Waals surface area contributed by atoms with Gasteiger partial charge in [0.2, 0.25) is 0 Å². The number of rotatable bonds is 6. The van der Waals surface area contributed by atoms with Crippen molar-refractivity contribution in [3.63, 3.8) is 0 Å². The Bertz CT molecular complexity index is 365. The van der Waals surface area contributed by atoms with Gasteiger partial charge >= 0.3 is 0 Å². The van der Waals surface area contributed by atoms with Crippen LogP contribution in [0.2, 0.25) is 0 Å². The molecule has 0 radical (unpaired) electrons. The highest BCUT2D eigenvalue weighted by molar-refractivity contribution is 5.76. The monoisotopic (exact) mass is 222 g/mol. The van der Waals surface area contributed by atoms with Gasteiger partial charge in [0.25, 0.3) is 0 Å². The fourth-order valence-electron chi connectivity index (χ4n) is 2.04. The molecule has 0 bridgehead atoms. The molecule has 0 aromatic carbocycles. The van der Waals surface area contributed by atoms with Crippen molar-refractivity contribution in [3.05, 3.63) is 17.0 Å². The maximum atomic E-state index is 7.14. The molecule has 0 saturated heterocycles. The fraction of sp³-hybridized carbons (Fsp3) is 0.667. The van der Waals surface area contributed by atoms with Crippen molar-refractivity contribution in [2.24, 2.45) is 5.73 Å². The van der Waals surface area contributed by atoms with E-state index in [2.05, 4.69) is 30.6 Å². The second-order valence-corrected chi connectivity index (χ2v) is 4.21. The third-order valence-electron chi connectivity index (χ3n) is 2.95. The van der Waals surface area contributed by atoms with E-state index in [1.54, 1.807) is 0 Å². The second kappa shape index (κ2) is 5.68. The smallest absolute Gasteiger partial charge is 0.0905 e. The summed E-state index contributed by atoms with van der Waals surface area (Å²) in [4.78, 5) is 0. The van der Waals surface area contributed by atoms with Crippen LogP contribution >= 0.6 is 0 Å². The molecular formula is C12H22N4. The highest BCUT2D eigenvalue weighted by Crippen LogP contribution is 2.14. The Hall–Kier alpha value is -1.32. The van der Waals surface area contributed by atoms with E-state index in [1.165, 1.54) is 11.3 Å². The maximum Gasteiger partial charge on any atom is 0.0905 e. The van der Waals surface area contributed by atoms with Gasteiger partial charge in [-0.3, -0.25) is 10.1 Å². The molecule has 0 amide bonds. The molecule has 0 saturated carbocycles. The number of aryl methyl sites for hydroxylation is 2. The molecule has 0 spiro atoms. The van der Waals surface area contributed by atoms with E-state index in [0.717, 1.165) is 31.5 Å². The van der Waals surface area contributed by atoms with Gasteiger partial charge in [-0.15, -0.1) is 0 Å². The summed E-state index contributed by atoms with van der Waals surface area (Å²) >= 11 is 0. The van der Waals surface area contributed by atoms with Crippen LogP contribution in [0.3, 0.4) is 0 Å². The Kier molecular flexibility index (Phi) is 4.52. The van der Waals surface area contributed by atoms with Crippen LogP contribution in [0.4, 0.5) is 0 Å². The van der Waals surface area contributed by atoms with Gasteiger partial charge in [0.05, 0.1) is 11.5 Å². The molecule has 1 rings (SSSR count). The van der Waals surface area contributed by atoms with Crippen LogP contribution in [0, 0.1) is 19.3 Å². The number of nitrogens with two attached hydrogens (primary N) is 1. The molecular weight excluding hydrogens is 200 g/mol. The van der Waals surface area contributed by atoms with Gasteiger partial charge in [-0.25, -0.2) is 0 Å². The molecule has 1 aromatic heterocycles. The summed E-state index contributed by atoms with van der Waals surface area (Å²) in [5.41, 5.74) is 9.10. The van der Waals surface area contributed by atoms with E-state index in [0.29, 0.717) is 6.42 Å². The van der Waals surface area contributed by atoms with Crippen molar-refractivity contribution in [2.75, 3.05) is 0 Å². The molecule has 4 heteroatoms. The van der Waals surface area contributed by atoms with Gasteiger partial charge in [0.1, 0.15) is 0 Å². The van der Waals surface area contributed by atoms with Gasteiger partial charge in [-0.2, -0.15) is 5.10 Å². The number of nitrogens with one attached hydrogen (secondary N) is 1. The van der Waals surface area contributed by atoms with Crippen LogP contribution < -0.4 is 5.73 Å². The van der Waals surface area contributed by atoms with E-state index in [9.17, 15) is 0 Å². The molecule has 1 aromatic rings. The zero-order valence-corrected chi connectivity index (χ0v) is 10.5. The lowest BCUT2D eigenvalue weighted by atomic mass is 10.1. The topological polar surface area (TPSA) is 67.7 Å². The lowest BCUT2D eigenvalue weighted by molar-refractivity contribution is 0.548. The van der Waals surface area contributed by atoms with Crippen molar-refractivity contribution >= 4 is 5.84 Å². The van der Waals surface area contributed by atoms with Crippen LogP contribution in [0.25, 0.3) is 0 Å². The van der Waals surface area contributed by atoms with Crippen LogP contribution in [-0.2, 0) is 13.0 Å². The fourth-order valence-corrected chi connectivity index (χ4v) is 2.04. The van der Waals surface area contributed by atoms with Crippen LogP contribution in [-0.4, -0.2) is 15.6 Å². The number of aromatic nitrogens is 2. The lowest BCUT2D eigenvalue weighted by Gasteiger charge is -2.04. The largest absolute Gasteiger partial charge is 0.388 e. The molecule has 1 heterocycles. The minimum absolute atomic E-state index is 0.280. The predicted octanol–water partition coefficient (Wildman–Crippen LogP) is 2.17. The summed E-state index contributed by atoms with van der Waals surface area (Å²) in [6.07, 6.45) is 3.74. The van der Waals surface area contributed by atoms with E-state index in [1.807, 2.05) is 0 Å². The van der Waals surface area contributed by atoms with Gasteiger partial charge in [0, 0.05) is 18.7 Å². The predicted molar refractivity (Wildman–Crippen MR) is 66.8 cm³/mol. The third kappa shape index (κ3) is 3.08. The van der Waals surface area contributed by atoms with Gasteiger partial charge < -0.3 is 5.73 Å². The number of unbranched alkanes of at least 4 members (excludes halogenated alkanes) is 1. The van der Waals surface area contributed by atoms with Crippen molar-refractivity contribution in [3.8, 4) is 0 Å². The van der Waals surface area contributed by atoms with Crippen molar-refractivity contribution in [2.45, 2.75) is 53.0 Å². The average molecular weight is 222 g/mol. The van der Waals surface area contributed by atoms with Gasteiger partial charge in [-0.1, -0.05) is 6.92 Å². The standard InChI is InChI=1S/C12H22N4/c1-4-11-9(2)15-16(10(11)3)8-6-5-7-12(13)14/h4-8H2,1-3H3,(H3,13,14).